The topological polar surface area (TPSA) is 52.6 Å². The average molecular weight is 276 g/mol. The van der Waals surface area contributed by atoms with Gasteiger partial charge in [-0.15, -0.1) is 0 Å². The van der Waals surface area contributed by atoms with Crippen LogP contribution in [0.3, 0.4) is 0 Å². The Labute approximate surface area is 119 Å². The second kappa shape index (κ2) is 6.89. The molecule has 1 aromatic rings. The zero-order chi connectivity index (χ0) is 15.2. The maximum absolute atomic E-state index is 11.6. The van der Waals surface area contributed by atoms with E-state index in [9.17, 15) is 9.59 Å². The molecule has 0 fully saturated rings. The van der Waals surface area contributed by atoms with Gasteiger partial charge in [-0.25, -0.2) is 4.79 Å². The molecule has 0 bridgehead atoms. The lowest BCUT2D eigenvalue weighted by molar-refractivity contribution is -0.153. The van der Waals surface area contributed by atoms with Crippen LogP contribution in [0.5, 0.6) is 0 Å². The van der Waals surface area contributed by atoms with E-state index in [1.165, 1.54) is 0 Å². The molecule has 0 aliphatic heterocycles. The minimum atomic E-state index is -0.603. The first kappa shape index (κ1) is 16.0. The van der Waals surface area contributed by atoms with Gasteiger partial charge >= 0.3 is 11.9 Å². The molecule has 0 aliphatic rings. The molecular weight excluding hydrogens is 256 g/mol. The predicted octanol–water partition coefficient (Wildman–Crippen LogP) is 3.02. The molecule has 0 aliphatic carbocycles. The number of benzene rings is 1. The third kappa shape index (κ3) is 6.18. The Bertz CT molecular complexity index is 483. The van der Waals surface area contributed by atoms with E-state index in [0.717, 1.165) is 5.56 Å². The number of hydrogen-bond donors (Lipinski definition) is 0. The van der Waals surface area contributed by atoms with Gasteiger partial charge in [0.1, 0.15) is 12.2 Å². The molecule has 0 saturated heterocycles. The number of rotatable bonds is 5. The molecule has 0 saturated carbocycles. The number of ether oxygens (including phenoxy) is 2. The smallest absolute Gasteiger partial charge is 0.334 e. The molecule has 0 N–H and O–H groups in total. The first-order valence-electron chi connectivity index (χ1n) is 6.38. The van der Waals surface area contributed by atoms with E-state index in [4.69, 9.17) is 9.47 Å². The van der Waals surface area contributed by atoms with Crippen molar-refractivity contribution in [3.8, 4) is 0 Å². The Morgan fingerprint density at radius 1 is 1.15 bits per heavy atom. The first-order valence-corrected chi connectivity index (χ1v) is 6.38. The molecule has 1 rings (SSSR count). The number of hydrogen-bond acceptors (Lipinski definition) is 4. The number of esters is 2. The van der Waals surface area contributed by atoms with Crippen molar-refractivity contribution in [2.45, 2.75) is 39.4 Å². The van der Waals surface area contributed by atoms with Crippen LogP contribution in [0, 0.1) is 0 Å². The Morgan fingerprint density at radius 3 is 2.30 bits per heavy atom. The fraction of sp³-hybridized carbons (Fsp3) is 0.375. The van der Waals surface area contributed by atoms with Crippen molar-refractivity contribution in [3.05, 3.63) is 48.0 Å². The summed E-state index contributed by atoms with van der Waals surface area (Å²) in [7, 11) is 0. The number of carbonyl (C=O) groups excluding carboxylic acids is 2. The van der Waals surface area contributed by atoms with Crippen LogP contribution in [0.2, 0.25) is 0 Å². The monoisotopic (exact) mass is 276 g/mol. The summed E-state index contributed by atoms with van der Waals surface area (Å²) in [6, 6.07) is 9.33. The van der Waals surface area contributed by atoms with E-state index < -0.39 is 17.5 Å². The highest BCUT2D eigenvalue weighted by molar-refractivity contribution is 5.93. The molecule has 20 heavy (non-hydrogen) atoms. The summed E-state index contributed by atoms with van der Waals surface area (Å²) in [6.07, 6.45) is -0.165. The van der Waals surface area contributed by atoms with Gasteiger partial charge in [0, 0.05) is 5.57 Å². The third-order valence-corrected chi connectivity index (χ3v) is 2.29. The van der Waals surface area contributed by atoms with Gasteiger partial charge in [-0.05, 0) is 26.3 Å². The van der Waals surface area contributed by atoms with Gasteiger partial charge in [0.2, 0.25) is 0 Å². The van der Waals surface area contributed by atoms with E-state index in [1.807, 2.05) is 30.3 Å². The van der Waals surface area contributed by atoms with Gasteiger partial charge in [-0.1, -0.05) is 36.9 Å². The first-order chi connectivity index (χ1) is 9.28. The Hall–Kier alpha value is -2.10. The van der Waals surface area contributed by atoms with Crippen molar-refractivity contribution in [1.29, 1.82) is 0 Å². The van der Waals surface area contributed by atoms with Crippen molar-refractivity contribution < 1.29 is 19.1 Å². The van der Waals surface area contributed by atoms with Crippen molar-refractivity contribution in [1.82, 2.24) is 0 Å². The Balaban J connectivity index is 2.39. The van der Waals surface area contributed by atoms with Crippen LogP contribution in [0.4, 0.5) is 0 Å². The molecule has 0 atom stereocenters. The molecular formula is C16H20O4. The van der Waals surface area contributed by atoms with E-state index in [1.54, 1.807) is 20.8 Å². The Morgan fingerprint density at radius 2 is 1.75 bits per heavy atom. The van der Waals surface area contributed by atoms with E-state index in [2.05, 4.69) is 6.58 Å². The van der Waals surface area contributed by atoms with Crippen LogP contribution in [0.15, 0.2) is 42.5 Å². The lowest BCUT2D eigenvalue weighted by atomic mass is 10.1. The fourth-order valence-electron chi connectivity index (χ4n) is 1.39. The lowest BCUT2D eigenvalue weighted by Crippen LogP contribution is -2.25. The standard InChI is InChI=1S/C16H20O4/c1-12(15(18)20-16(2,3)4)10-14(17)19-11-13-8-6-5-7-9-13/h5-9H,1,10-11H2,2-4H3. The van der Waals surface area contributed by atoms with E-state index in [0.29, 0.717) is 0 Å². The molecule has 108 valence electrons. The minimum absolute atomic E-state index is 0.0954. The van der Waals surface area contributed by atoms with Crippen LogP contribution in [0.25, 0.3) is 0 Å². The molecule has 0 heterocycles. The molecule has 0 amide bonds. The minimum Gasteiger partial charge on any atom is -0.461 e. The SMILES string of the molecule is C=C(CC(=O)OCc1ccccc1)C(=O)OC(C)(C)C. The second-order valence-electron chi connectivity index (χ2n) is 5.43. The van der Waals surface area contributed by atoms with Crippen molar-refractivity contribution in [2.75, 3.05) is 0 Å². The molecule has 0 unspecified atom stereocenters. The van der Waals surface area contributed by atoms with Gasteiger partial charge < -0.3 is 9.47 Å². The summed E-state index contributed by atoms with van der Waals surface area (Å²) in [5, 5.41) is 0. The summed E-state index contributed by atoms with van der Waals surface area (Å²) in [5.74, 6) is -1.07. The van der Waals surface area contributed by atoms with E-state index in [-0.39, 0.29) is 18.6 Å². The largest absolute Gasteiger partial charge is 0.461 e. The summed E-state index contributed by atoms with van der Waals surface area (Å²) >= 11 is 0. The highest BCUT2D eigenvalue weighted by Gasteiger charge is 2.20. The molecule has 4 heteroatoms. The van der Waals surface area contributed by atoms with Gasteiger partial charge in [0.05, 0.1) is 6.42 Å². The molecule has 4 nitrogen and oxygen atoms in total. The summed E-state index contributed by atoms with van der Waals surface area (Å²) in [6.45, 7) is 9.01. The zero-order valence-corrected chi connectivity index (χ0v) is 12.1. The summed E-state index contributed by atoms with van der Waals surface area (Å²) in [5.41, 5.74) is 0.384. The highest BCUT2D eigenvalue weighted by Crippen LogP contribution is 2.12. The van der Waals surface area contributed by atoms with Gasteiger partial charge in [0.15, 0.2) is 0 Å². The number of carbonyl (C=O) groups is 2. The fourth-order valence-corrected chi connectivity index (χ4v) is 1.39. The maximum Gasteiger partial charge on any atom is 0.334 e. The average Bonchev–Trinajstić information content (AvgIpc) is 2.35. The summed E-state index contributed by atoms with van der Waals surface area (Å²) in [4.78, 5) is 23.2. The van der Waals surface area contributed by atoms with Crippen LogP contribution < -0.4 is 0 Å². The summed E-state index contributed by atoms with van der Waals surface area (Å²) < 4.78 is 10.2. The molecule has 0 spiro atoms. The van der Waals surface area contributed by atoms with Crippen LogP contribution in [-0.4, -0.2) is 17.5 Å². The molecule has 1 aromatic carbocycles. The third-order valence-electron chi connectivity index (χ3n) is 2.29. The van der Waals surface area contributed by atoms with E-state index >= 15 is 0 Å². The van der Waals surface area contributed by atoms with Crippen LogP contribution in [0.1, 0.15) is 32.8 Å². The predicted molar refractivity (Wildman–Crippen MR) is 75.8 cm³/mol. The zero-order valence-electron chi connectivity index (χ0n) is 12.1. The second-order valence-corrected chi connectivity index (χ2v) is 5.43. The van der Waals surface area contributed by atoms with Crippen LogP contribution >= 0.6 is 0 Å². The lowest BCUT2D eigenvalue weighted by Gasteiger charge is -2.20. The van der Waals surface area contributed by atoms with Crippen molar-refractivity contribution in [2.24, 2.45) is 0 Å². The van der Waals surface area contributed by atoms with Gasteiger partial charge in [-0.2, -0.15) is 0 Å². The van der Waals surface area contributed by atoms with Crippen molar-refractivity contribution in [3.63, 3.8) is 0 Å². The maximum atomic E-state index is 11.6. The van der Waals surface area contributed by atoms with Crippen LogP contribution in [-0.2, 0) is 25.7 Å². The highest BCUT2D eigenvalue weighted by atomic mass is 16.6. The van der Waals surface area contributed by atoms with Gasteiger partial charge in [0.25, 0.3) is 0 Å². The van der Waals surface area contributed by atoms with Gasteiger partial charge in [-0.3, -0.25) is 4.79 Å². The normalized spacial score (nSPS) is 10.8. The molecule has 0 aromatic heterocycles. The van der Waals surface area contributed by atoms with Crippen molar-refractivity contribution >= 4 is 11.9 Å². The quantitative estimate of drug-likeness (QED) is 0.612. The Kier molecular flexibility index (Phi) is 5.50. The molecule has 0 radical (unpaired) electrons.